The predicted octanol–water partition coefficient (Wildman–Crippen LogP) is 3.00. The maximum Gasteiger partial charge on any atom is 0.0705 e. The fourth-order valence-corrected chi connectivity index (χ4v) is 2.23. The van der Waals surface area contributed by atoms with Crippen LogP contribution in [0.15, 0.2) is 42.1 Å². The van der Waals surface area contributed by atoms with Gasteiger partial charge in [-0.1, -0.05) is 36.4 Å². The zero-order valence-corrected chi connectivity index (χ0v) is 10.7. The molecule has 2 aromatic carbocycles. The third-order valence-corrected chi connectivity index (χ3v) is 2.99. The topological polar surface area (TPSA) is 52.0 Å². The Morgan fingerprint density at radius 2 is 1.59 bits per heavy atom. The van der Waals surface area contributed by atoms with Crippen molar-refractivity contribution in [1.29, 1.82) is 0 Å². The van der Waals surface area contributed by atoms with Crippen LogP contribution in [0.4, 0.5) is 0 Å². The minimum atomic E-state index is -0.163. The molecule has 0 saturated heterocycles. The Bertz CT molecular complexity index is 573. The lowest BCUT2D eigenvalue weighted by molar-refractivity contribution is 0.843. The Morgan fingerprint density at radius 3 is 2.29 bits per heavy atom. The molecule has 0 radical (unpaired) electrons. The van der Waals surface area contributed by atoms with E-state index in [0.717, 1.165) is 11.3 Å². The van der Waals surface area contributed by atoms with Crippen LogP contribution in [0.1, 0.15) is 17.2 Å². The number of nitrogens with two attached hydrogens (primary N) is 2. The molecule has 4 heteroatoms. The van der Waals surface area contributed by atoms with Crippen molar-refractivity contribution in [3.8, 4) is 0 Å². The first-order valence-electron chi connectivity index (χ1n) is 5.01. The Hall–Kier alpha value is -1.22. The van der Waals surface area contributed by atoms with Gasteiger partial charge in [0.05, 0.1) is 6.04 Å². The van der Waals surface area contributed by atoms with Gasteiger partial charge < -0.3 is 11.5 Å². The molecular formula is C13H14Cl2N2. The summed E-state index contributed by atoms with van der Waals surface area (Å²) in [6.45, 7) is 0. The van der Waals surface area contributed by atoms with Crippen molar-refractivity contribution in [3.05, 3.63) is 53.2 Å². The highest BCUT2D eigenvalue weighted by atomic mass is 35.5. The lowest BCUT2D eigenvalue weighted by atomic mass is 9.89. The molecule has 0 saturated carbocycles. The number of halogens is 2. The summed E-state index contributed by atoms with van der Waals surface area (Å²) in [6.07, 6.45) is 1.97. The molecule has 2 aromatic rings. The summed E-state index contributed by atoms with van der Waals surface area (Å²) in [4.78, 5) is 0. The molecule has 0 heterocycles. The maximum atomic E-state index is 6.06. The molecule has 90 valence electrons. The van der Waals surface area contributed by atoms with Crippen molar-refractivity contribution >= 4 is 41.7 Å². The summed E-state index contributed by atoms with van der Waals surface area (Å²) >= 11 is 0. The molecule has 0 spiro atoms. The molecule has 3 rings (SSSR count). The van der Waals surface area contributed by atoms with Crippen molar-refractivity contribution in [2.24, 2.45) is 11.5 Å². The first-order chi connectivity index (χ1) is 7.27. The molecule has 0 fully saturated rings. The molecule has 0 amide bonds. The fraction of sp³-hybridized carbons (Fsp3) is 0.0769. The molecule has 1 atom stereocenters. The predicted molar refractivity (Wildman–Crippen MR) is 77.5 cm³/mol. The van der Waals surface area contributed by atoms with E-state index < -0.39 is 0 Å². The summed E-state index contributed by atoms with van der Waals surface area (Å²) in [5.41, 5.74) is 15.0. The van der Waals surface area contributed by atoms with Gasteiger partial charge in [-0.15, -0.1) is 24.8 Å². The second-order valence-corrected chi connectivity index (χ2v) is 3.91. The summed E-state index contributed by atoms with van der Waals surface area (Å²) in [6, 6.07) is 12.2. The number of benzene rings is 2. The van der Waals surface area contributed by atoms with Crippen LogP contribution in [0.2, 0.25) is 0 Å². The molecule has 1 unspecified atom stereocenters. The van der Waals surface area contributed by atoms with Crippen LogP contribution in [-0.4, -0.2) is 0 Å². The van der Waals surface area contributed by atoms with Gasteiger partial charge in [0, 0.05) is 5.70 Å². The van der Waals surface area contributed by atoms with Crippen molar-refractivity contribution < 1.29 is 0 Å². The van der Waals surface area contributed by atoms with E-state index in [1.807, 2.05) is 18.2 Å². The minimum absolute atomic E-state index is 0. The van der Waals surface area contributed by atoms with E-state index in [4.69, 9.17) is 11.5 Å². The van der Waals surface area contributed by atoms with Crippen LogP contribution in [0, 0.1) is 0 Å². The number of rotatable bonds is 0. The van der Waals surface area contributed by atoms with Crippen molar-refractivity contribution in [1.82, 2.24) is 0 Å². The highest BCUT2D eigenvalue weighted by molar-refractivity contribution is 5.96. The van der Waals surface area contributed by atoms with Crippen LogP contribution in [0.3, 0.4) is 0 Å². The highest BCUT2D eigenvalue weighted by Crippen LogP contribution is 2.34. The fourth-order valence-electron chi connectivity index (χ4n) is 2.23. The van der Waals surface area contributed by atoms with Crippen LogP contribution < -0.4 is 11.5 Å². The van der Waals surface area contributed by atoms with Gasteiger partial charge in [0.15, 0.2) is 0 Å². The Kier molecular flexibility index (Phi) is 4.04. The van der Waals surface area contributed by atoms with Gasteiger partial charge in [-0.2, -0.15) is 0 Å². The van der Waals surface area contributed by atoms with Crippen molar-refractivity contribution in [3.63, 3.8) is 0 Å². The highest BCUT2D eigenvalue weighted by Gasteiger charge is 2.18. The molecule has 4 N–H and O–H groups in total. The van der Waals surface area contributed by atoms with Gasteiger partial charge in [0.2, 0.25) is 0 Å². The zero-order chi connectivity index (χ0) is 10.4. The Labute approximate surface area is 112 Å². The van der Waals surface area contributed by atoms with E-state index in [2.05, 4.69) is 24.3 Å². The molecule has 1 aliphatic rings. The van der Waals surface area contributed by atoms with E-state index in [0.29, 0.717) is 0 Å². The van der Waals surface area contributed by atoms with E-state index in [1.165, 1.54) is 16.3 Å². The van der Waals surface area contributed by atoms with Crippen molar-refractivity contribution in [2.45, 2.75) is 6.04 Å². The van der Waals surface area contributed by atoms with E-state index in [1.54, 1.807) is 0 Å². The average Bonchev–Trinajstić information content (AvgIpc) is 2.26. The molecule has 2 nitrogen and oxygen atoms in total. The van der Waals surface area contributed by atoms with E-state index in [9.17, 15) is 0 Å². The standard InChI is InChI=1S/C13H12N2.2ClH/c14-11-7-9-5-1-3-8-4-2-6-10(12(8)9)13(11)15;;/h1-7,13H,14-15H2;2*1H. The maximum absolute atomic E-state index is 6.06. The van der Waals surface area contributed by atoms with E-state index in [-0.39, 0.29) is 30.9 Å². The average molecular weight is 269 g/mol. The lowest BCUT2D eigenvalue weighted by Crippen LogP contribution is -2.21. The first-order valence-corrected chi connectivity index (χ1v) is 5.01. The summed E-state index contributed by atoms with van der Waals surface area (Å²) in [5.74, 6) is 0. The third-order valence-electron chi connectivity index (χ3n) is 2.99. The van der Waals surface area contributed by atoms with Crippen LogP contribution >= 0.6 is 24.8 Å². The minimum Gasteiger partial charge on any atom is -0.400 e. The van der Waals surface area contributed by atoms with Gasteiger partial charge in [0.25, 0.3) is 0 Å². The normalized spacial score (nSPS) is 16.8. The Balaban J connectivity index is 0.000000722. The molecule has 0 bridgehead atoms. The number of hydrogen-bond donors (Lipinski definition) is 2. The largest absolute Gasteiger partial charge is 0.400 e. The quantitative estimate of drug-likeness (QED) is 0.772. The van der Waals surface area contributed by atoms with Crippen molar-refractivity contribution in [2.75, 3.05) is 0 Å². The van der Waals surface area contributed by atoms with Gasteiger partial charge in [0.1, 0.15) is 0 Å². The lowest BCUT2D eigenvalue weighted by Gasteiger charge is -2.21. The summed E-state index contributed by atoms with van der Waals surface area (Å²) < 4.78 is 0. The second-order valence-electron chi connectivity index (χ2n) is 3.91. The van der Waals surface area contributed by atoms with E-state index >= 15 is 0 Å². The smallest absolute Gasteiger partial charge is 0.0705 e. The first kappa shape index (κ1) is 13.8. The zero-order valence-electron chi connectivity index (χ0n) is 9.09. The Morgan fingerprint density at radius 1 is 0.941 bits per heavy atom. The molecular weight excluding hydrogens is 255 g/mol. The third kappa shape index (κ3) is 2.00. The SMILES string of the molecule is Cl.Cl.NC1=Cc2cccc3cccc(c23)C1N. The second kappa shape index (κ2) is 4.96. The molecule has 0 aromatic heterocycles. The van der Waals surface area contributed by atoms with Gasteiger partial charge in [-0.05, 0) is 28.0 Å². The van der Waals surface area contributed by atoms with Gasteiger partial charge in [-0.3, -0.25) is 0 Å². The molecule has 1 aliphatic carbocycles. The van der Waals surface area contributed by atoms with Crippen LogP contribution in [0.25, 0.3) is 16.8 Å². The molecule has 0 aliphatic heterocycles. The monoisotopic (exact) mass is 268 g/mol. The van der Waals surface area contributed by atoms with Gasteiger partial charge in [-0.25, -0.2) is 0 Å². The molecule has 17 heavy (non-hydrogen) atoms. The summed E-state index contributed by atoms with van der Waals surface area (Å²) in [5, 5.41) is 2.46. The van der Waals surface area contributed by atoms with Gasteiger partial charge >= 0.3 is 0 Å². The summed E-state index contributed by atoms with van der Waals surface area (Å²) in [7, 11) is 0. The van der Waals surface area contributed by atoms with Crippen LogP contribution in [-0.2, 0) is 0 Å². The van der Waals surface area contributed by atoms with Crippen LogP contribution in [0.5, 0.6) is 0 Å². The number of hydrogen-bond acceptors (Lipinski definition) is 2.